The molecule has 0 saturated carbocycles. The second-order valence-electron chi connectivity index (χ2n) is 6.99. The predicted molar refractivity (Wildman–Crippen MR) is 128 cm³/mol. The molecule has 11 heteroatoms. The van der Waals surface area contributed by atoms with Gasteiger partial charge in [-0.1, -0.05) is 11.8 Å². The van der Waals surface area contributed by atoms with Crippen LogP contribution < -0.4 is 14.8 Å². The molecule has 4 aromatic rings. The van der Waals surface area contributed by atoms with Crippen molar-refractivity contribution in [2.75, 3.05) is 18.2 Å². The summed E-state index contributed by atoms with van der Waals surface area (Å²) in [6.45, 7) is -1.05. The zero-order chi connectivity index (χ0) is 24.1. The number of imidazole rings is 1. The van der Waals surface area contributed by atoms with Gasteiger partial charge in [-0.2, -0.15) is 8.78 Å². The number of methoxy groups -OCH3 is 1. The Kier molecular flexibility index (Phi) is 7.43. The average molecular weight is 503 g/mol. The maximum Gasteiger partial charge on any atom is 0.387 e. The number of thioether (sulfide) groups is 1. The molecule has 0 aliphatic carbocycles. The molecule has 0 aliphatic heterocycles. The average Bonchev–Trinajstić information content (AvgIpc) is 3.44. The number of alkyl halides is 2. The van der Waals surface area contributed by atoms with Crippen LogP contribution in [0.1, 0.15) is 5.69 Å². The molecule has 4 rings (SSSR count). The summed E-state index contributed by atoms with van der Waals surface area (Å²) in [7, 11) is 1.59. The van der Waals surface area contributed by atoms with Gasteiger partial charge in [-0.25, -0.2) is 9.97 Å². The van der Waals surface area contributed by atoms with E-state index in [9.17, 15) is 13.6 Å². The van der Waals surface area contributed by atoms with Gasteiger partial charge in [-0.05, 0) is 55.5 Å². The molecule has 7 nitrogen and oxygen atoms in total. The van der Waals surface area contributed by atoms with Crippen LogP contribution in [0.2, 0.25) is 0 Å². The van der Waals surface area contributed by atoms with Gasteiger partial charge in [0.05, 0.1) is 30.4 Å². The monoisotopic (exact) mass is 502 g/mol. The van der Waals surface area contributed by atoms with Crippen LogP contribution in [0.4, 0.5) is 13.9 Å². The number of hydrogen-bond donors (Lipinski definition) is 1. The minimum absolute atomic E-state index is 0.0529. The lowest BCUT2D eigenvalue weighted by Crippen LogP contribution is -2.14. The highest BCUT2D eigenvalue weighted by Crippen LogP contribution is 2.32. The fraction of sp³-hybridized carbons (Fsp3) is 0.174. The lowest BCUT2D eigenvalue weighted by molar-refractivity contribution is -0.113. The van der Waals surface area contributed by atoms with Gasteiger partial charge in [0.2, 0.25) is 5.91 Å². The van der Waals surface area contributed by atoms with Crippen molar-refractivity contribution < 1.29 is 23.0 Å². The number of nitrogens with zero attached hydrogens (tertiary/aromatic N) is 3. The zero-order valence-corrected chi connectivity index (χ0v) is 19.8. The normalized spacial score (nSPS) is 11.0. The summed E-state index contributed by atoms with van der Waals surface area (Å²) < 4.78 is 36.6. The quantitative estimate of drug-likeness (QED) is 0.298. The molecule has 2 aromatic heterocycles. The molecule has 0 unspecified atom stereocenters. The Balaban J connectivity index is 1.61. The van der Waals surface area contributed by atoms with Crippen LogP contribution in [0.25, 0.3) is 16.9 Å². The number of hydrogen-bond acceptors (Lipinski definition) is 7. The topological polar surface area (TPSA) is 78.3 Å². The predicted octanol–water partition coefficient (Wildman–Crippen LogP) is 5.65. The molecule has 0 aliphatic rings. The Morgan fingerprint density at radius 3 is 2.47 bits per heavy atom. The maximum absolute atomic E-state index is 12.5. The Morgan fingerprint density at radius 1 is 1.15 bits per heavy atom. The smallest absolute Gasteiger partial charge is 0.387 e. The van der Waals surface area contributed by atoms with Crippen molar-refractivity contribution in [3.8, 4) is 28.4 Å². The summed E-state index contributed by atoms with van der Waals surface area (Å²) in [4.78, 5) is 21.2. The Labute approximate surface area is 202 Å². The molecular formula is C23H20F2N4O3S2. The van der Waals surface area contributed by atoms with Crippen LogP contribution >= 0.6 is 23.1 Å². The third kappa shape index (κ3) is 5.72. The standard InChI is InChI=1S/C23H20F2N4O3S2/c1-14-12-33-22(27-14)28-20(30)13-34-23-26-11-19(15-3-7-17(31-2)8-4-15)29(23)16-5-9-18(10-6-16)32-21(24)25/h3-12,21H,13H2,1-2H3,(H,27,28,30). The first-order chi connectivity index (χ1) is 16.4. The summed E-state index contributed by atoms with van der Waals surface area (Å²) >= 11 is 2.62. The van der Waals surface area contributed by atoms with Gasteiger partial charge in [0.15, 0.2) is 10.3 Å². The second-order valence-corrected chi connectivity index (χ2v) is 8.79. The molecule has 176 valence electrons. The van der Waals surface area contributed by atoms with Gasteiger partial charge in [0.1, 0.15) is 11.5 Å². The second kappa shape index (κ2) is 10.7. The van der Waals surface area contributed by atoms with E-state index < -0.39 is 6.61 Å². The molecule has 0 saturated heterocycles. The summed E-state index contributed by atoms with van der Waals surface area (Å²) in [5.41, 5.74) is 3.16. The van der Waals surface area contributed by atoms with Crippen molar-refractivity contribution in [2.24, 2.45) is 0 Å². The van der Waals surface area contributed by atoms with Crippen molar-refractivity contribution >= 4 is 34.1 Å². The number of aryl methyl sites for hydroxylation is 1. The third-order valence-electron chi connectivity index (χ3n) is 4.63. The maximum atomic E-state index is 12.5. The number of ether oxygens (including phenoxy) is 2. The SMILES string of the molecule is COc1ccc(-c2cnc(SCC(=O)Nc3nc(C)cs3)n2-c2ccc(OC(F)F)cc2)cc1. The number of amides is 1. The first-order valence-electron chi connectivity index (χ1n) is 10.0. The van der Waals surface area contributed by atoms with Crippen LogP contribution in [0, 0.1) is 6.92 Å². The van der Waals surface area contributed by atoms with Gasteiger partial charge in [-0.15, -0.1) is 11.3 Å². The fourth-order valence-electron chi connectivity index (χ4n) is 3.13. The van der Waals surface area contributed by atoms with Crippen molar-refractivity contribution in [1.82, 2.24) is 14.5 Å². The highest BCUT2D eigenvalue weighted by molar-refractivity contribution is 7.99. The highest BCUT2D eigenvalue weighted by atomic mass is 32.2. The minimum atomic E-state index is -2.90. The van der Waals surface area contributed by atoms with Crippen molar-refractivity contribution in [3.63, 3.8) is 0 Å². The highest BCUT2D eigenvalue weighted by Gasteiger charge is 2.17. The molecular weight excluding hydrogens is 482 g/mol. The summed E-state index contributed by atoms with van der Waals surface area (Å²) in [5, 5.41) is 5.75. The molecule has 0 radical (unpaired) electrons. The van der Waals surface area contributed by atoms with E-state index in [1.54, 1.807) is 25.4 Å². The summed E-state index contributed by atoms with van der Waals surface area (Å²) in [6, 6.07) is 13.7. The van der Waals surface area contributed by atoms with Gasteiger partial charge >= 0.3 is 6.61 Å². The van der Waals surface area contributed by atoms with E-state index in [0.717, 1.165) is 17.0 Å². The minimum Gasteiger partial charge on any atom is -0.497 e. The van der Waals surface area contributed by atoms with Crippen LogP contribution in [0.3, 0.4) is 0 Å². The number of halogens is 2. The third-order valence-corrected chi connectivity index (χ3v) is 6.46. The largest absolute Gasteiger partial charge is 0.497 e. The number of carbonyl (C=O) groups excluding carboxylic acids is 1. The molecule has 2 aromatic carbocycles. The molecule has 0 bridgehead atoms. The van der Waals surface area contributed by atoms with Gasteiger partial charge in [0.25, 0.3) is 0 Å². The summed E-state index contributed by atoms with van der Waals surface area (Å²) in [6.07, 6.45) is 1.70. The van der Waals surface area contributed by atoms with Crippen LogP contribution in [-0.4, -0.2) is 39.9 Å². The van der Waals surface area contributed by atoms with E-state index in [4.69, 9.17) is 4.74 Å². The first kappa shape index (κ1) is 23.7. The van der Waals surface area contributed by atoms with Crippen LogP contribution in [-0.2, 0) is 4.79 Å². The number of benzene rings is 2. The number of rotatable bonds is 9. The van der Waals surface area contributed by atoms with E-state index in [1.165, 1.54) is 35.2 Å². The Hall–Kier alpha value is -3.44. The number of nitrogens with one attached hydrogen (secondary N) is 1. The van der Waals surface area contributed by atoms with Crippen LogP contribution in [0.5, 0.6) is 11.5 Å². The van der Waals surface area contributed by atoms with E-state index in [1.807, 2.05) is 41.1 Å². The number of anilines is 1. The van der Waals surface area contributed by atoms with Gasteiger partial charge in [0, 0.05) is 16.6 Å². The Morgan fingerprint density at radius 2 is 1.85 bits per heavy atom. The van der Waals surface area contributed by atoms with Crippen LogP contribution in [0.15, 0.2) is 65.3 Å². The van der Waals surface area contributed by atoms with Gasteiger partial charge in [-0.3, -0.25) is 9.36 Å². The van der Waals surface area contributed by atoms with E-state index in [2.05, 4.69) is 20.0 Å². The van der Waals surface area contributed by atoms with Gasteiger partial charge < -0.3 is 14.8 Å². The van der Waals surface area contributed by atoms with Crippen molar-refractivity contribution in [3.05, 3.63) is 65.8 Å². The molecule has 0 spiro atoms. The number of aromatic nitrogens is 3. The Bertz CT molecular complexity index is 1260. The van der Waals surface area contributed by atoms with Crippen molar-refractivity contribution in [1.29, 1.82) is 0 Å². The van der Waals surface area contributed by atoms with Crippen molar-refractivity contribution in [2.45, 2.75) is 18.7 Å². The molecule has 1 amide bonds. The lowest BCUT2D eigenvalue weighted by Gasteiger charge is -2.13. The van der Waals surface area contributed by atoms with E-state index >= 15 is 0 Å². The number of thiazole rings is 1. The first-order valence-corrected chi connectivity index (χ1v) is 11.9. The fourth-order valence-corrected chi connectivity index (χ4v) is 4.62. The summed E-state index contributed by atoms with van der Waals surface area (Å²) in [5.74, 6) is 0.675. The van der Waals surface area contributed by atoms with E-state index in [-0.39, 0.29) is 17.4 Å². The molecule has 2 heterocycles. The number of carbonyl (C=O) groups is 1. The lowest BCUT2D eigenvalue weighted by atomic mass is 10.1. The van der Waals surface area contributed by atoms with E-state index in [0.29, 0.717) is 21.7 Å². The molecule has 34 heavy (non-hydrogen) atoms. The molecule has 1 N–H and O–H groups in total. The zero-order valence-electron chi connectivity index (χ0n) is 18.2. The molecule has 0 fully saturated rings. The molecule has 0 atom stereocenters.